The molecule has 0 spiro atoms. The number of carbonyl (C=O) groups is 2. The lowest BCUT2D eigenvalue weighted by molar-refractivity contribution is -0.117. The lowest BCUT2D eigenvalue weighted by atomic mass is 10.2. The van der Waals surface area contributed by atoms with Crippen molar-refractivity contribution in [2.75, 3.05) is 5.32 Å². The van der Waals surface area contributed by atoms with E-state index in [1.54, 1.807) is 6.08 Å². The van der Waals surface area contributed by atoms with E-state index in [1.807, 2.05) is 61.5 Å². The fraction of sp³-hybridized carbons (Fsp3) is 0.182. The van der Waals surface area contributed by atoms with E-state index in [1.165, 1.54) is 6.08 Å². The van der Waals surface area contributed by atoms with Gasteiger partial charge < -0.3 is 15.1 Å². The zero-order chi connectivity index (χ0) is 19.1. The third-order valence-electron chi connectivity index (χ3n) is 4.00. The Morgan fingerprint density at radius 3 is 2.74 bits per heavy atom. The van der Waals surface area contributed by atoms with Crippen molar-refractivity contribution in [1.82, 2.24) is 5.32 Å². The molecule has 5 nitrogen and oxygen atoms in total. The Kier molecular flexibility index (Phi) is 6.05. The summed E-state index contributed by atoms with van der Waals surface area (Å²) >= 11 is 0. The molecule has 0 radical (unpaired) electrons. The molecule has 2 N–H and O–H groups in total. The first-order valence-corrected chi connectivity index (χ1v) is 8.97. The SMILES string of the molecule is CCCC(=O)Nc1cccc(CNC(=O)/C=C/c2cc3ccccc3o2)c1. The number of nitrogens with one attached hydrogen (secondary N) is 2. The number of para-hydroxylation sites is 1. The van der Waals surface area contributed by atoms with E-state index < -0.39 is 0 Å². The molecule has 1 aromatic heterocycles. The molecule has 5 heteroatoms. The van der Waals surface area contributed by atoms with Gasteiger partial charge in [0.25, 0.3) is 0 Å². The number of benzene rings is 2. The molecule has 27 heavy (non-hydrogen) atoms. The minimum atomic E-state index is -0.212. The second-order valence-corrected chi connectivity index (χ2v) is 6.24. The van der Waals surface area contributed by atoms with Crippen molar-refractivity contribution in [2.24, 2.45) is 0 Å². The molecule has 2 aromatic carbocycles. The Bertz CT molecular complexity index is 939. The molecular formula is C22H22N2O3. The monoisotopic (exact) mass is 362 g/mol. The summed E-state index contributed by atoms with van der Waals surface area (Å²) in [5, 5.41) is 6.68. The summed E-state index contributed by atoms with van der Waals surface area (Å²) < 4.78 is 5.65. The maximum Gasteiger partial charge on any atom is 0.244 e. The van der Waals surface area contributed by atoms with Crippen LogP contribution in [-0.2, 0) is 16.1 Å². The number of fused-ring (bicyclic) bond motifs is 1. The van der Waals surface area contributed by atoms with Crippen LogP contribution >= 0.6 is 0 Å². The number of anilines is 1. The molecular weight excluding hydrogens is 340 g/mol. The van der Waals surface area contributed by atoms with Crippen molar-refractivity contribution >= 4 is 34.5 Å². The molecule has 0 saturated carbocycles. The Balaban J connectivity index is 1.55. The normalized spacial score (nSPS) is 11.0. The summed E-state index contributed by atoms with van der Waals surface area (Å²) in [5.74, 6) is 0.412. The van der Waals surface area contributed by atoms with E-state index in [2.05, 4.69) is 10.6 Å². The highest BCUT2D eigenvalue weighted by atomic mass is 16.3. The largest absolute Gasteiger partial charge is 0.457 e. The second kappa shape index (κ2) is 8.85. The lowest BCUT2D eigenvalue weighted by Crippen LogP contribution is -2.20. The van der Waals surface area contributed by atoms with Gasteiger partial charge in [0.05, 0.1) is 0 Å². The first-order chi connectivity index (χ1) is 13.1. The van der Waals surface area contributed by atoms with Crippen molar-refractivity contribution in [3.8, 4) is 0 Å². The third-order valence-corrected chi connectivity index (χ3v) is 4.00. The van der Waals surface area contributed by atoms with E-state index in [0.29, 0.717) is 18.7 Å². The second-order valence-electron chi connectivity index (χ2n) is 6.24. The van der Waals surface area contributed by atoms with Crippen LogP contribution in [0.25, 0.3) is 17.0 Å². The van der Waals surface area contributed by atoms with Crippen LogP contribution in [0, 0.1) is 0 Å². The molecule has 0 aliphatic rings. The van der Waals surface area contributed by atoms with Gasteiger partial charge in [0.2, 0.25) is 11.8 Å². The molecule has 3 aromatic rings. The van der Waals surface area contributed by atoms with E-state index in [-0.39, 0.29) is 11.8 Å². The molecule has 2 amide bonds. The molecule has 0 saturated heterocycles. The third kappa shape index (κ3) is 5.31. The van der Waals surface area contributed by atoms with Gasteiger partial charge in [0, 0.05) is 30.1 Å². The lowest BCUT2D eigenvalue weighted by Gasteiger charge is -2.07. The number of carbonyl (C=O) groups excluding carboxylic acids is 2. The van der Waals surface area contributed by atoms with Gasteiger partial charge in [-0.15, -0.1) is 0 Å². The van der Waals surface area contributed by atoms with Crippen molar-refractivity contribution in [3.05, 3.63) is 72.0 Å². The van der Waals surface area contributed by atoms with E-state index in [9.17, 15) is 9.59 Å². The van der Waals surface area contributed by atoms with Crippen molar-refractivity contribution in [3.63, 3.8) is 0 Å². The summed E-state index contributed by atoms with van der Waals surface area (Å²) in [6.45, 7) is 2.34. The Hall–Kier alpha value is -3.34. The average Bonchev–Trinajstić information content (AvgIpc) is 3.08. The highest BCUT2D eigenvalue weighted by Gasteiger charge is 2.03. The number of amides is 2. The van der Waals surface area contributed by atoms with Crippen LogP contribution in [-0.4, -0.2) is 11.8 Å². The highest BCUT2D eigenvalue weighted by molar-refractivity contribution is 5.92. The topological polar surface area (TPSA) is 71.3 Å². The molecule has 3 rings (SSSR count). The van der Waals surface area contributed by atoms with Crippen molar-refractivity contribution in [2.45, 2.75) is 26.3 Å². The predicted octanol–water partition coefficient (Wildman–Crippen LogP) is 4.50. The van der Waals surface area contributed by atoms with Crippen LogP contribution in [0.4, 0.5) is 5.69 Å². The number of hydrogen-bond acceptors (Lipinski definition) is 3. The van der Waals surface area contributed by atoms with Crippen LogP contribution in [0.5, 0.6) is 0 Å². The summed E-state index contributed by atoms with van der Waals surface area (Å²) in [4.78, 5) is 23.7. The van der Waals surface area contributed by atoms with Gasteiger partial charge in [-0.2, -0.15) is 0 Å². The standard InChI is InChI=1S/C22H22N2O3/c1-2-6-22(26)24-18-9-5-7-16(13-18)15-23-21(25)12-11-19-14-17-8-3-4-10-20(17)27-19/h3-5,7-14H,2,6,15H2,1H3,(H,23,25)(H,24,26)/b12-11+. The van der Waals surface area contributed by atoms with Crippen LogP contribution in [0.1, 0.15) is 31.1 Å². The van der Waals surface area contributed by atoms with Crippen LogP contribution in [0.15, 0.2) is 65.1 Å². The van der Waals surface area contributed by atoms with Gasteiger partial charge in [0.15, 0.2) is 0 Å². The smallest absolute Gasteiger partial charge is 0.244 e. The van der Waals surface area contributed by atoms with Crippen molar-refractivity contribution < 1.29 is 14.0 Å². The first-order valence-electron chi connectivity index (χ1n) is 8.97. The van der Waals surface area contributed by atoms with E-state index in [0.717, 1.165) is 28.6 Å². The van der Waals surface area contributed by atoms with E-state index in [4.69, 9.17) is 4.42 Å². The molecule has 0 aliphatic carbocycles. The summed E-state index contributed by atoms with van der Waals surface area (Å²) in [6, 6.07) is 17.0. The zero-order valence-electron chi connectivity index (χ0n) is 15.2. The van der Waals surface area contributed by atoms with Gasteiger partial charge in [-0.05, 0) is 42.3 Å². The summed E-state index contributed by atoms with van der Waals surface area (Å²) in [5.41, 5.74) is 2.44. The summed E-state index contributed by atoms with van der Waals surface area (Å²) in [7, 11) is 0. The number of rotatable bonds is 7. The minimum absolute atomic E-state index is 0.00699. The molecule has 0 atom stereocenters. The molecule has 1 heterocycles. The van der Waals surface area contributed by atoms with Gasteiger partial charge in [-0.1, -0.05) is 37.3 Å². The fourth-order valence-corrected chi connectivity index (χ4v) is 2.70. The molecule has 0 bridgehead atoms. The maximum absolute atomic E-state index is 12.0. The average molecular weight is 362 g/mol. The van der Waals surface area contributed by atoms with E-state index >= 15 is 0 Å². The summed E-state index contributed by atoms with van der Waals surface area (Å²) in [6.07, 6.45) is 4.40. The Morgan fingerprint density at radius 2 is 1.93 bits per heavy atom. The van der Waals surface area contributed by atoms with Crippen molar-refractivity contribution in [1.29, 1.82) is 0 Å². The number of furan rings is 1. The van der Waals surface area contributed by atoms with Crippen LogP contribution in [0.2, 0.25) is 0 Å². The fourth-order valence-electron chi connectivity index (χ4n) is 2.70. The first kappa shape index (κ1) is 18.5. The Morgan fingerprint density at radius 1 is 1.07 bits per heavy atom. The van der Waals surface area contributed by atoms with Crippen LogP contribution < -0.4 is 10.6 Å². The maximum atomic E-state index is 12.0. The van der Waals surface area contributed by atoms with Gasteiger partial charge in [0.1, 0.15) is 11.3 Å². The van der Waals surface area contributed by atoms with Crippen LogP contribution in [0.3, 0.4) is 0 Å². The highest BCUT2D eigenvalue weighted by Crippen LogP contribution is 2.19. The zero-order valence-corrected chi connectivity index (χ0v) is 15.2. The molecule has 0 unspecified atom stereocenters. The van der Waals surface area contributed by atoms with Gasteiger partial charge >= 0.3 is 0 Å². The molecule has 138 valence electrons. The number of hydrogen-bond donors (Lipinski definition) is 2. The predicted molar refractivity (Wildman–Crippen MR) is 107 cm³/mol. The molecule has 0 aliphatic heterocycles. The van der Waals surface area contributed by atoms with Gasteiger partial charge in [-0.25, -0.2) is 0 Å². The minimum Gasteiger partial charge on any atom is -0.457 e. The molecule has 0 fully saturated rings. The quantitative estimate of drug-likeness (QED) is 0.608. The Labute approximate surface area is 158 Å². The van der Waals surface area contributed by atoms with Gasteiger partial charge in [-0.3, -0.25) is 9.59 Å².